The van der Waals surface area contributed by atoms with Gasteiger partial charge in [-0.3, -0.25) is 4.79 Å². The van der Waals surface area contributed by atoms with E-state index in [0.29, 0.717) is 36.3 Å². The Morgan fingerprint density at radius 2 is 1.87 bits per heavy atom. The predicted molar refractivity (Wildman–Crippen MR) is 111 cm³/mol. The lowest BCUT2D eigenvalue weighted by Gasteiger charge is -2.32. The van der Waals surface area contributed by atoms with Crippen LogP contribution in [0.2, 0.25) is 0 Å². The number of amides is 1. The second-order valence-electron chi connectivity index (χ2n) is 7.50. The molecule has 1 saturated heterocycles. The van der Waals surface area contributed by atoms with Crippen molar-refractivity contribution in [2.45, 2.75) is 32.0 Å². The van der Waals surface area contributed by atoms with Crippen molar-refractivity contribution in [1.29, 1.82) is 0 Å². The van der Waals surface area contributed by atoms with Crippen molar-refractivity contribution in [2.24, 2.45) is 5.92 Å². The molecule has 1 fully saturated rings. The first kappa shape index (κ1) is 21.5. The molecule has 7 nitrogen and oxygen atoms in total. The molecule has 0 unspecified atom stereocenters. The van der Waals surface area contributed by atoms with Crippen LogP contribution in [0.4, 0.5) is 19.0 Å². The van der Waals surface area contributed by atoms with Crippen LogP contribution in [0.1, 0.15) is 37.2 Å². The van der Waals surface area contributed by atoms with Gasteiger partial charge in [-0.25, -0.2) is 0 Å². The Bertz CT molecular complexity index is 1090. The number of halogens is 4. The molecule has 31 heavy (non-hydrogen) atoms. The Morgan fingerprint density at radius 1 is 1.16 bits per heavy atom. The zero-order valence-electron chi connectivity index (χ0n) is 16.6. The summed E-state index contributed by atoms with van der Waals surface area (Å²) in [4.78, 5) is 14.6. The second-order valence-corrected chi connectivity index (χ2v) is 8.35. The van der Waals surface area contributed by atoms with Gasteiger partial charge < -0.3 is 10.2 Å². The number of piperidine rings is 1. The molecule has 0 radical (unpaired) electrons. The fourth-order valence-corrected chi connectivity index (χ4v) is 4.36. The SMILES string of the molecule is C[C@@H](NC(=O)C1CCN(c2ccc3nnc(C(F)(F)F)n3n2)CC1)c1ccccc1Br. The fraction of sp³-hybridized carbons (Fsp3) is 0.400. The lowest BCUT2D eigenvalue weighted by molar-refractivity contribution is -0.146. The summed E-state index contributed by atoms with van der Waals surface area (Å²) in [7, 11) is 0. The van der Waals surface area contributed by atoms with Crippen LogP contribution in [0.5, 0.6) is 0 Å². The van der Waals surface area contributed by atoms with Gasteiger partial charge in [0.25, 0.3) is 5.82 Å². The van der Waals surface area contributed by atoms with E-state index in [1.54, 1.807) is 6.07 Å². The van der Waals surface area contributed by atoms with Crippen LogP contribution in [0.3, 0.4) is 0 Å². The highest BCUT2D eigenvalue weighted by Crippen LogP contribution is 2.29. The van der Waals surface area contributed by atoms with Gasteiger partial charge in [0.05, 0.1) is 6.04 Å². The summed E-state index contributed by atoms with van der Waals surface area (Å²) in [6.45, 7) is 2.97. The lowest BCUT2D eigenvalue weighted by atomic mass is 9.95. The van der Waals surface area contributed by atoms with Crippen molar-refractivity contribution in [3.05, 3.63) is 52.3 Å². The van der Waals surface area contributed by atoms with Gasteiger partial charge in [-0.05, 0) is 43.5 Å². The Labute approximate surface area is 184 Å². The molecule has 4 rings (SSSR count). The maximum Gasteiger partial charge on any atom is 0.453 e. The quantitative estimate of drug-likeness (QED) is 0.590. The summed E-state index contributed by atoms with van der Waals surface area (Å²) < 4.78 is 40.9. The van der Waals surface area contributed by atoms with Crippen molar-refractivity contribution >= 4 is 33.3 Å². The molecule has 11 heteroatoms. The zero-order chi connectivity index (χ0) is 22.2. The normalized spacial score (nSPS) is 16.5. The molecule has 0 spiro atoms. The number of nitrogens with zero attached hydrogens (tertiary/aromatic N) is 5. The lowest BCUT2D eigenvalue weighted by Crippen LogP contribution is -2.41. The number of hydrogen-bond donors (Lipinski definition) is 1. The number of benzene rings is 1. The van der Waals surface area contributed by atoms with E-state index in [0.717, 1.165) is 10.0 Å². The molecule has 1 aromatic carbocycles. The third kappa shape index (κ3) is 4.51. The summed E-state index contributed by atoms with van der Waals surface area (Å²) in [5.41, 5.74) is 1.03. The first-order chi connectivity index (χ1) is 14.7. The summed E-state index contributed by atoms with van der Waals surface area (Å²) in [5, 5.41) is 13.9. The molecule has 1 N–H and O–H groups in total. The molecule has 1 aliphatic heterocycles. The van der Waals surface area contributed by atoms with Crippen LogP contribution < -0.4 is 10.2 Å². The molecule has 1 atom stereocenters. The minimum Gasteiger partial charge on any atom is -0.355 e. The smallest absolute Gasteiger partial charge is 0.355 e. The molecule has 1 amide bonds. The molecule has 0 saturated carbocycles. The molecule has 0 aliphatic carbocycles. The number of carbonyl (C=O) groups excluding carboxylic acids is 1. The number of rotatable bonds is 4. The van der Waals surface area contributed by atoms with Crippen LogP contribution in [0, 0.1) is 5.92 Å². The van der Waals surface area contributed by atoms with Gasteiger partial charge in [0.15, 0.2) is 5.65 Å². The number of nitrogens with one attached hydrogen (secondary N) is 1. The minimum atomic E-state index is -4.64. The van der Waals surface area contributed by atoms with Gasteiger partial charge in [0.1, 0.15) is 5.82 Å². The molecule has 3 aromatic rings. The van der Waals surface area contributed by atoms with E-state index >= 15 is 0 Å². The summed E-state index contributed by atoms with van der Waals surface area (Å²) >= 11 is 3.50. The molecule has 3 heterocycles. The van der Waals surface area contributed by atoms with Crippen LogP contribution in [-0.2, 0) is 11.0 Å². The number of anilines is 1. The molecule has 0 bridgehead atoms. The van der Waals surface area contributed by atoms with Crippen LogP contribution >= 0.6 is 15.9 Å². The van der Waals surface area contributed by atoms with Crippen molar-refractivity contribution in [3.63, 3.8) is 0 Å². The third-order valence-electron chi connectivity index (χ3n) is 5.42. The van der Waals surface area contributed by atoms with Gasteiger partial charge in [-0.2, -0.15) is 17.7 Å². The Balaban J connectivity index is 1.40. The average Bonchev–Trinajstić information content (AvgIpc) is 3.18. The van der Waals surface area contributed by atoms with Gasteiger partial charge in [0.2, 0.25) is 5.91 Å². The van der Waals surface area contributed by atoms with Crippen molar-refractivity contribution in [1.82, 2.24) is 25.1 Å². The highest BCUT2D eigenvalue weighted by atomic mass is 79.9. The largest absolute Gasteiger partial charge is 0.453 e. The molecular formula is C20H20BrF3N6O. The van der Waals surface area contributed by atoms with Crippen LogP contribution in [0.25, 0.3) is 5.65 Å². The number of fused-ring (bicyclic) bond motifs is 1. The van der Waals surface area contributed by atoms with E-state index in [4.69, 9.17) is 0 Å². The maximum absolute atomic E-state index is 13.1. The van der Waals surface area contributed by atoms with E-state index in [-0.39, 0.29) is 23.5 Å². The number of aromatic nitrogens is 4. The predicted octanol–water partition coefficient (Wildman–Crippen LogP) is 4.00. The van der Waals surface area contributed by atoms with E-state index in [1.807, 2.05) is 36.1 Å². The van der Waals surface area contributed by atoms with Crippen molar-refractivity contribution in [3.8, 4) is 0 Å². The molecule has 164 valence electrons. The highest BCUT2D eigenvalue weighted by molar-refractivity contribution is 9.10. The standard InChI is InChI=1S/C20H20BrF3N6O/c1-12(14-4-2-3-5-15(14)21)25-18(31)13-8-10-29(11-9-13)17-7-6-16-26-27-19(20(22,23)24)30(16)28-17/h2-7,12-13H,8-11H2,1H3,(H,25,31)/t12-/m1/s1. The van der Waals surface area contributed by atoms with Gasteiger partial charge in [-0.1, -0.05) is 34.1 Å². The van der Waals surface area contributed by atoms with E-state index in [2.05, 4.69) is 36.5 Å². The average molecular weight is 497 g/mol. The zero-order valence-corrected chi connectivity index (χ0v) is 18.2. The second kappa shape index (κ2) is 8.45. The fourth-order valence-electron chi connectivity index (χ4n) is 3.73. The van der Waals surface area contributed by atoms with Gasteiger partial charge >= 0.3 is 6.18 Å². The Morgan fingerprint density at radius 3 is 2.55 bits per heavy atom. The Kier molecular flexibility index (Phi) is 5.87. The third-order valence-corrected chi connectivity index (χ3v) is 6.14. The number of alkyl halides is 3. The van der Waals surface area contributed by atoms with Crippen LogP contribution in [0.15, 0.2) is 40.9 Å². The summed E-state index contributed by atoms with van der Waals surface area (Å²) in [6.07, 6.45) is -3.47. The first-order valence-electron chi connectivity index (χ1n) is 9.83. The molecule has 2 aromatic heterocycles. The Hall–Kier alpha value is -2.69. The van der Waals surface area contributed by atoms with E-state index in [1.165, 1.54) is 6.07 Å². The number of carbonyl (C=O) groups is 1. The van der Waals surface area contributed by atoms with E-state index < -0.39 is 12.0 Å². The first-order valence-corrected chi connectivity index (χ1v) is 10.6. The van der Waals surface area contributed by atoms with Gasteiger partial charge in [0, 0.05) is 23.5 Å². The van der Waals surface area contributed by atoms with Crippen molar-refractivity contribution in [2.75, 3.05) is 18.0 Å². The molecule has 1 aliphatic rings. The monoisotopic (exact) mass is 496 g/mol. The highest BCUT2D eigenvalue weighted by Gasteiger charge is 2.38. The minimum absolute atomic E-state index is 0.0236. The maximum atomic E-state index is 13.1. The topological polar surface area (TPSA) is 75.4 Å². The van der Waals surface area contributed by atoms with Gasteiger partial charge in [-0.15, -0.1) is 15.3 Å². The molecular weight excluding hydrogens is 477 g/mol. The summed E-state index contributed by atoms with van der Waals surface area (Å²) in [5.74, 6) is -0.937. The summed E-state index contributed by atoms with van der Waals surface area (Å²) in [6, 6.07) is 10.7. The van der Waals surface area contributed by atoms with Crippen molar-refractivity contribution < 1.29 is 18.0 Å². The van der Waals surface area contributed by atoms with Crippen LogP contribution in [-0.4, -0.2) is 38.8 Å². The van der Waals surface area contributed by atoms with E-state index in [9.17, 15) is 18.0 Å². The number of hydrogen-bond acceptors (Lipinski definition) is 5.